The molecule has 2 fully saturated rings. The second-order valence-corrected chi connectivity index (χ2v) is 14.1. The molecule has 0 radical (unpaired) electrons. The first-order valence-corrected chi connectivity index (χ1v) is 16.1. The second-order valence-electron chi connectivity index (χ2n) is 12.3. The average Bonchev–Trinajstić information content (AvgIpc) is 3.48. The Labute approximate surface area is 242 Å². The van der Waals surface area contributed by atoms with Crippen LogP contribution in [0.5, 0.6) is 0 Å². The molecule has 2 amide bonds. The van der Waals surface area contributed by atoms with E-state index in [4.69, 9.17) is 9.73 Å². The number of ether oxygens (including phenoxy) is 1. The summed E-state index contributed by atoms with van der Waals surface area (Å²) in [5.41, 5.74) is 0.332. The zero-order chi connectivity index (χ0) is 29.3. The Morgan fingerprint density at radius 2 is 1.90 bits per heavy atom. The van der Waals surface area contributed by atoms with E-state index < -0.39 is 27.3 Å². The number of carbonyl (C=O) groups excluding carboxylic acids is 2. The van der Waals surface area contributed by atoms with E-state index in [9.17, 15) is 18.0 Å². The molecule has 1 saturated carbocycles. The SMILES string of the molecule is CC(C)(C)OC(=O)NCCn1ccc2c(/C=C/S(=O)(=O)N3CCC4(CC3)N=C(C3CCCCC3)NC4=O)cccc21. The summed E-state index contributed by atoms with van der Waals surface area (Å²) in [6.07, 6.45) is 9.53. The van der Waals surface area contributed by atoms with Crippen LogP contribution in [-0.4, -0.2) is 65.9 Å². The Bertz CT molecular complexity index is 1460. The number of benzene rings is 1. The third-order valence-electron chi connectivity index (χ3n) is 8.19. The lowest BCUT2D eigenvalue weighted by atomic mass is 9.88. The van der Waals surface area contributed by atoms with Crippen molar-refractivity contribution in [1.82, 2.24) is 19.5 Å². The predicted molar refractivity (Wildman–Crippen MR) is 160 cm³/mol. The minimum absolute atomic E-state index is 0.0804. The van der Waals surface area contributed by atoms with Crippen molar-refractivity contribution in [3.63, 3.8) is 0 Å². The summed E-state index contributed by atoms with van der Waals surface area (Å²) < 4.78 is 35.2. The molecule has 5 rings (SSSR count). The topological polar surface area (TPSA) is 122 Å². The van der Waals surface area contributed by atoms with Gasteiger partial charge in [-0.15, -0.1) is 0 Å². The minimum Gasteiger partial charge on any atom is -0.444 e. The summed E-state index contributed by atoms with van der Waals surface area (Å²) in [5, 5.41) is 7.97. The van der Waals surface area contributed by atoms with Gasteiger partial charge in [0.25, 0.3) is 5.91 Å². The standard InChI is InChI=1S/C30H41N5O5S/c1-29(2,3)40-28(37)31-16-20-34-17-12-24-22(10-7-11-25(24)34)13-21-41(38,39)35-18-14-30(15-19-35)27(36)32-26(33-30)23-8-5-4-6-9-23/h7,10-13,17,21,23H,4-6,8-9,14-16,18-20H2,1-3H3,(H,31,37)(H,32,33,36)/b21-13+. The average molecular weight is 584 g/mol. The van der Waals surface area contributed by atoms with E-state index in [1.807, 2.05) is 55.8 Å². The van der Waals surface area contributed by atoms with Crippen molar-refractivity contribution in [2.24, 2.45) is 10.9 Å². The molecule has 10 nitrogen and oxygen atoms in total. The van der Waals surface area contributed by atoms with Crippen LogP contribution < -0.4 is 10.6 Å². The van der Waals surface area contributed by atoms with E-state index in [1.54, 1.807) is 6.08 Å². The van der Waals surface area contributed by atoms with Crippen LogP contribution in [0.15, 0.2) is 40.9 Å². The Morgan fingerprint density at radius 1 is 1.17 bits per heavy atom. The summed E-state index contributed by atoms with van der Waals surface area (Å²) in [7, 11) is -3.68. The van der Waals surface area contributed by atoms with Crippen molar-refractivity contribution >= 4 is 44.8 Å². The number of aromatic nitrogens is 1. The van der Waals surface area contributed by atoms with Crippen molar-refractivity contribution in [3.8, 4) is 0 Å². The van der Waals surface area contributed by atoms with E-state index >= 15 is 0 Å². The Balaban J connectivity index is 1.21. The first kappa shape index (κ1) is 29.3. The Kier molecular flexibility index (Phi) is 8.29. The van der Waals surface area contributed by atoms with Crippen LogP contribution in [0, 0.1) is 5.92 Å². The number of amidine groups is 1. The van der Waals surface area contributed by atoms with Gasteiger partial charge in [-0.2, -0.15) is 4.31 Å². The fraction of sp³-hybridized carbons (Fsp3) is 0.567. The molecule has 2 aromatic rings. The lowest BCUT2D eigenvalue weighted by Crippen LogP contribution is -2.50. The summed E-state index contributed by atoms with van der Waals surface area (Å²) in [4.78, 5) is 29.7. The third-order valence-corrected chi connectivity index (χ3v) is 9.75. The molecule has 2 aliphatic heterocycles. The van der Waals surface area contributed by atoms with Gasteiger partial charge in [0.15, 0.2) is 0 Å². The predicted octanol–water partition coefficient (Wildman–Crippen LogP) is 4.41. The zero-order valence-corrected chi connectivity index (χ0v) is 25.0. The van der Waals surface area contributed by atoms with Crippen LogP contribution in [0.3, 0.4) is 0 Å². The lowest BCUT2D eigenvalue weighted by molar-refractivity contribution is -0.125. The summed E-state index contributed by atoms with van der Waals surface area (Å²) in [5.74, 6) is 1.05. The van der Waals surface area contributed by atoms with Crippen LogP contribution in [-0.2, 0) is 26.1 Å². The molecule has 3 aliphatic rings. The van der Waals surface area contributed by atoms with Gasteiger partial charge in [0.05, 0.1) is 0 Å². The second kappa shape index (κ2) is 11.6. The normalized spacial score (nSPS) is 20.5. The maximum atomic E-state index is 13.2. The monoisotopic (exact) mass is 583 g/mol. The van der Waals surface area contributed by atoms with Gasteiger partial charge >= 0.3 is 6.09 Å². The van der Waals surface area contributed by atoms with Crippen molar-refractivity contribution in [2.75, 3.05) is 19.6 Å². The number of amides is 2. The van der Waals surface area contributed by atoms with E-state index in [0.717, 1.165) is 48.0 Å². The van der Waals surface area contributed by atoms with Crippen molar-refractivity contribution in [3.05, 3.63) is 41.4 Å². The van der Waals surface area contributed by atoms with Gasteiger partial charge in [-0.25, -0.2) is 13.2 Å². The van der Waals surface area contributed by atoms with Gasteiger partial charge in [0.1, 0.15) is 17.0 Å². The summed E-state index contributed by atoms with van der Waals surface area (Å²) in [6.45, 7) is 6.91. The number of sulfonamides is 1. The third kappa shape index (κ3) is 6.67. The number of fused-ring (bicyclic) bond motifs is 1. The van der Waals surface area contributed by atoms with E-state index in [-0.39, 0.29) is 19.0 Å². The highest BCUT2D eigenvalue weighted by atomic mass is 32.2. The number of carbonyl (C=O) groups is 2. The zero-order valence-electron chi connectivity index (χ0n) is 24.2. The number of hydrogen-bond donors (Lipinski definition) is 2. The lowest BCUT2D eigenvalue weighted by Gasteiger charge is -2.34. The maximum absolute atomic E-state index is 13.2. The molecule has 3 heterocycles. The number of nitrogens with one attached hydrogen (secondary N) is 2. The van der Waals surface area contributed by atoms with E-state index in [0.29, 0.717) is 31.8 Å². The van der Waals surface area contributed by atoms with Crippen molar-refractivity contribution in [2.45, 2.75) is 83.4 Å². The van der Waals surface area contributed by atoms with Gasteiger partial charge in [-0.05, 0) is 70.2 Å². The molecule has 1 aromatic carbocycles. The largest absolute Gasteiger partial charge is 0.444 e. The first-order chi connectivity index (χ1) is 19.5. The van der Waals surface area contributed by atoms with Crippen LogP contribution in [0.4, 0.5) is 4.79 Å². The van der Waals surface area contributed by atoms with Gasteiger partial charge in [-0.1, -0.05) is 31.4 Å². The maximum Gasteiger partial charge on any atom is 0.407 e. The quantitative estimate of drug-likeness (QED) is 0.500. The van der Waals surface area contributed by atoms with E-state index in [2.05, 4.69) is 10.6 Å². The van der Waals surface area contributed by atoms with Crippen molar-refractivity contribution in [1.29, 1.82) is 0 Å². The van der Waals surface area contributed by atoms with Crippen LogP contribution in [0.25, 0.3) is 17.0 Å². The Hall–Kier alpha value is -3.18. The summed E-state index contributed by atoms with van der Waals surface area (Å²) in [6, 6.07) is 7.68. The van der Waals surface area contributed by atoms with Crippen LogP contribution in [0.1, 0.15) is 71.3 Å². The molecular weight excluding hydrogens is 542 g/mol. The van der Waals surface area contributed by atoms with Gasteiger partial charge in [0.2, 0.25) is 10.0 Å². The number of alkyl carbamates (subject to hydrolysis) is 1. The van der Waals surface area contributed by atoms with Crippen molar-refractivity contribution < 1.29 is 22.7 Å². The molecule has 0 unspecified atom stereocenters. The molecule has 1 aromatic heterocycles. The molecule has 41 heavy (non-hydrogen) atoms. The number of nitrogens with zero attached hydrogens (tertiary/aromatic N) is 3. The number of aliphatic imine (C=N–C) groups is 1. The highest BCUT2D eigenvalue weighted by molar-refractivity contribution is 7.92. The molecule has 0 bridgehead atoms. The molecular formula is C30H41N5O5S. The van der Waals surface area contributed by atoms with Gasteiger partial charge in [-0.3, -0.25) is 9.79 Å². The molecule has 0 atom stereocenters. The number of piperidine rings is 1. The minimum atomic E-state index is -3.68. The highest BCUT2D eigenvalue weighted by Crippen LogP contribution is 2.35. The first-order valence-electron chi connectivity index (χ1n) is 14.6. The Morgan fingerprint density at radius 3 is 2.61 bits per heavy atom. The van der Waals surface area contributed by atoms with Gasteiger partial charge < -0.3 is 19.9 Å². The fourth-order valence-corrected chi connectivity index (χ4v) is 7.17. The molecule has 2 N–H and O–H groups in total. The summed E-state index contributed by atoms with van der Waals surface area (Å²) >= 11 is 0. The molecule has 11 heteroatoms. The number of hydrogen-bond acceptors (Lipinski definition) is 6. The fourth-order valence-electron chi connectivity index (χ4n) is 5.99. The molecule has 1 spiro atoms. The molecule has 1 aliphatic carbocycles. The highest BCUT2D eigenvalue weighted by Gasteiger charge is 2.48. The van der Waals surface area contributed by atoms with Crippen LogP contribution >= 0.6 is 0 Å². The molecule has 222 valence electrons. The number of rotatable bonds is 7. The van der Waals surface area contributed by atoms with Gasteiger partial charge in [0, 0.05) is 54.6 Å². The van der Waals surface area contributed by atoms with E-state index in [1.165, 1.54) is 16.1 Å². The van der Waals surface area contributed by atoms with Crippen LogP contribution in [0.2, 0.25) is 0 Å². The smallest absolute Gasteiger partial charge is 0.407 e. The molecule has 1 saturated heterocycles.